The molecule has 0 radical (unpaired) electrons. The normalized spacial score (nSPS) is 17.4. The molecule has 1 aliphatic rings. The summed E-state index contributed by atoms with van der Waals surface area (Å²) in [5, 5.41) is 0. The van der Waals surface area contributed by atoms with Crippen molar-refractivity contribution in [3.63, 3.8) is 0 Å². The van der Waals surface area contributed by atoms with Crippen LogP contribution in [0.1, 0.15) is 25.8 Å². The number of nitrogens with zero attached hydrogens (tertiary/aromatic N) is 2. The Morgan fingerprint density at radius 3 is 2.65 bits per heavy atom. The zero-order chi connectivity index (χ0) is 16.8. The highest BCUT2D eigenvalue weighted by Gasteiger charge is 2.34. The molecule has 1 heterocycles. The number of benzene rings is 1. The van der Waals surface area contributed by atoms with Crippen molar-refractivity contribution in [3.8, 4) is 0 Å². The monoisotopic (exact) mass is 338 g/mol. The average molecular weight is 339 g/mol. The lowest BCUT2D eigenvalue weighted by Crippen LogP contribution is -2.47. The zero-order valence-electron chi connectivity index (χ0n) is 13.6. The van der Waals surface area contributed by atoms with Gasteiger partial charge in [-0.25, -0.2) is 4.79 Å². The molecule has 1 aromatic rings. The van der Waals surface area contributed by atoms with Crippen molar-refractivity contribution in [1.29, 1.82) is 0 Å². The topological polar surface area (TPSA) is 49.9 Å². The fourth-order valence-corrected chi connectivity index (χ4v) is 3.07. The summed E-state index contributed by atoms with van der Waals surface area (Å²) in [4.78, 5) is 27.6. The molecule has 5 nitrogen and oxygen atoms in total. The maximum absolute atomic E-state index is 12.2. The second-order valence-corrected chi connectivity index (χ2v) is 6.22. The molecule has 0 bridgehead atoms. The Hall–Kier alpha value is -1.75. The van der Waals surface area contributed by atoms with E-state index in [0.29, 0.717) is 13.1 Å². The first-order chi connectivity index (χ1) is 11.0. The molecule has 0 saturated carbocycles. The molecule has 0 spiro atoms. The van der Waals surface area contributed by atoms with E-state index in [1.165, 1.54) is 0 Å². The van der Waals surface area contributed by atoms with Crippen LogP contribution in [-0.2, 0) is 16.1 Å². The summed E-state index contributed by atoms with van der Waals surface area (Å²) in [6.45, 7) is 5.27. The Morgan fingerprint density at radius 2 is 2.04 bits per heavy atom. The Kier molecular flexibility index (Phi) is 6.28. The standard InChI is InChI=1S/C17H23ClN2O3/c1-13(2)20(16(21)10-18)15-8-9-19(11-15)17(22)23-12-14-6-4-3-5-7-14/h3-7,13,15H,8-12H2,1-2H3/t15-/m1/s1. The number of alkyl halides is 1. The summed E-state index contributed by atoms with van der Waals surface area (Å²) in [7, 11) is 0. The molecule has 0 unspecified atom stereocenters. The van der Waals surface area contributed by atoms with Crippen LogP contribution >= 0.6 is 11.6 Å². The van der Waals surface area contributed by atoms with Crippen molar-refractivity contribution in [3.05, 3.63) is 35.9 Å². The Bertz CT molecular complexity index is 536. The zero-order valence-corrected chi connectivity index (χ0v) is 14.3. The fraction of sp³-hybridized carbons (Fsp3) is 0.529. The fourth-order valence-electron chi connectivity index (χ4n) is 2.93. The molecule has 1 atom stereocenters. The highest BCUT2D eigenvalue weighted by atomic mass is 35.5. The highest BCUT2D eigenvalue weighted by Crippen LogP contribution is 2.20. The second kappa shape index (κ2) is 8.20. The molecule has 6 heteroatoms. The quantitative estimate of drug-likeness (QED) is 0.776. The van der Waals surface area contributed by atoms with Gasteiger partial charge in [0.25, 0.3) is 0 Å². The molecule has 126 valence electrons. The van der Waals surface area contributed by atoms with E-state index in [1.54, 1.807) is 9.80 Å². The summed E-state index contributed by atoms with van der Waals surface area (Å²) < 4.78 is 5.34. The van der Waals surface area contributed by atoms with E-state index in [9.17, 15) is 9.59 Å². The molecule has 1 fully saturated rings. The van der Waals surface area contributed by atoms with Gasteiger partial charge in [-0.2, -0.15) is 0 Å². The van der Waals surface area contributed by atoms with Crippen LogP contribution in [0.5, 0.6) is 0 Å². The number of amides is 2. The number of carbonyl (C=O) groups excluding carboxylic acids is 2. The lowest BCUT2D eigenvalue weighted by molar-refractivity contribution is -0.132. The van der Waals surface area contributed by atoms with Crippen LogP contribution in [0.2, 0.25) is 0 Å². The van der Waals surface area contributed by atoms with Gasteiger partial charge >= 0.3 is 6.09 Å². The molecular formula is C17H23ClN2O3. The number of carbonyl (C=O) groups is 2. The Morgan fingerprint density at radius 1 is 1.35 bits per heavy atom. The predicted octanol–water partition coefficient (Wildman–Crippen LogP) is 2.87. The molecule has 1 saturated heterocycles. The first-order valence-corrected chi connectivity index (χ1v) is 8.39. The van der Waals surface area contributed by atoms with Gasteiger partial charge in [0.2, 0.25) is 5.91 Å². The number of hydrogen-bond donors (Lipinski definition) is 0. The van der Waals surface area contributed by atoms with Gasteiger partial charge in [0.1, 0.15) is 12.5 Å². The molecule has 0 aromatic heterocycles. The summed E-state index contributed by atoms with van der Waals surface area (Å²) in [5.41, 5.74) is 0.956. The van der Waals surface area contributed by atoms with E-state index < -0.39 is 0 Å². The van der Waals surface area contributed by atoms with Crippen LogP contribution < -0.4 is 0 Å². The number of hydrogen-bond acceptors (Lipinski definition) is 3. The largest absolute Gasteiger partial charge is 0.445 e. The smallest absolute Gasteiger partial charge is 0.410 e. The van der Waals surface area contributed by atoms with Gasteiger partial charge in [-0.1, -0.05) is 30.3 Å². The van der Waals surface area contributed by atoms with Crippen molar-refractivity contribution in [2.24, 2.45) is 0 Å². The lowest BCUT2D eigenvalue weighted by Gasteiger charge is -2.32. The minimum atomic E-state index is -0.335. The van der Waals surface area contributed by atoms with Crippen LogP contribution in [0.15, 0.2) is 30.3 Å². The van der Waals surface area contributed by atoms with Gasteiger partial charge in [0.15, 0.2) is 0 Å². The van der Waals surface area contributed by atoms with Crippen molar-refractivity contribution in [2.45, 2.75) is 39.0 Å². The summed E-state index contributed by atoms with van der Waals surface area (Å²) in [6.07, 6.45) is 0.416. The second-order valence-electron chi connectivity index (χ2n) is 5.96. The summed E-state index contributed by atoms with van der Waals surface area (Å²) >= 11 is 5.69. The van der Waals surface area contributed by atoms with Gasteiger partial charge in [0.05, 0.1) is 6.04 Å². The van der Waals surface area contributed by atoms with Crippen molar-refractivity contribution >= 4 is 23.6 Å². The first-order valence-electron chi connectivity index (χ1n) is 7.85. The lowest BCUT2D eigenvalue weighted by atomic mass is 10.1. The number of halogens is 1. The molecule has 2 rings (SSSR count). The maximum Gasteiger partial charge on any atom is 0.410 e. The summed E-state index contributed by atoms with van der Waals surface area (Å²) in [5.74, 6) is -0.126. The number of ether oxygens (including phenoxy) is 1. The van der Waals surface area contributed by atoms with E-state index in [2.05, 4.69) is 0 Å². The third-order valence-electron chi connectivity index (χ3n) is 3.98. The SMILES string of the molecule is CC(C)N(C(=O)CCl)[C@@H]1CCN(C(=O)OCc2ccccc2)C1. The van der Waals surface area contributed by atoms with Gasteiger partial charge in [0, 0.05) is 19.1 Å². The van der Waals surface area contributed by atoms with E-state index in [0.717, 1.165) is 12.0 Å². The van der Waals surface area contributed by atoms with Gasteiger partial charge < -0.3 is 14.5 Å². The van der Waals surface area contributed by atoms with Crippen LogP contribution in [0.4, 0.5) is 4.79 Å². The minimum absolute atomic E-state index is 0.00512. The van der Waals surface area contributed by atoms with Crippen LogP contribution in [0, 0.1) is 0 Å². The van der Waals surface area contributed by atoms with E-state index >= 15 is 0 Å². The first kappa shape index (κ1) is 17.6. The van der Waals surface area contributed by atoms with Gasteiger partial charge in [-0.05, 0) is 25.8 Å². The van der Waals surface area contributed by atoms with E-state index in [-0.39, 0.29) is 36.6 Å². The van der Waals surface area contributed by atoms with E-state index in [4.69, 9.17) is 16.3 Å². The third-order valence-corrected chi connectivity index (χ3v) is 4.21. The van der Waals surface area contributed by atoms with E-state index in [1.807, 2.05) is 44.2 Å². The molecule has 2 amide bonds. The van der Waals surface area contributed by atoms with Crippen LogP contribution in [0.25, 0.3) is 0 Å². The maximum atomic E-state index is 12.2. The van der Waals surface area contributed by atoms with Crippen molar-refractivity contribution in [2.75, 3.05) is 19.0 Å². The van der Waals surface area contributed by atoms with Crippen molar-refractivity contribution < 1.29 is 14.3 Å². The Labute approximate surface area is 142 Å². The molecule has 0 N–H and O–H groups in total. The molecule has 1 aromatic carbocycles. The highest BCUT2D eigenvalue weighted by molar-refractivity contribution is 6.27. The summed E-state index contributed by atoms with van der Waals surface area (Å²) in [6, 6.07) is 9.64. The molecule has 0 aliphatic carbocycles. The van der Waals surface area contributed by atoms with Crippen LogP contribution in [-0.4, -0.2) is 52.9 Å². The van der Waals surface area contributed by atoms with Crippen LogP contribution in [0.3, 0.4) is 0 Å². The van der Waals surface area contributed by atoms with Crippen molar-refractivity contribution in [1.82, 2.24) is 9.80 Å². The average Bonchev–Trinajstić information content (AvgIpc) is 3.02. The number of likely N-dealkylation sites (tertiary alicyclic amines) is 1. The van der Waals surface area contributed by atoms with Gasteiger partial charge in [-0.3, -0.25) is 4.79 Å². The third kappa shape index (κ3) is 4.61. The molecular weight excluding hydrogens is 316 g/mol. The van der Waals surface area contributed by atoms with Gasteiger partial charge in [-0.15, -0.1) is 11.6 Å². The minimum Gasteiger partial charge on any atom is -0.445 e. The molecule has 23 heavy (non-hydrogen) atoms. The predicted molar refractivity (Wildman–Crippen MR) is 89.3 cm³/mol. The molecule has 1 aliphatic heterocycles. The number of rotatable bonds is 5. The Balaban J connectivity index is 1.88.